The van der Waals surface area contributed by atoms with Crippen LogP contribution in [0.4, 0.5) is 0 Å². The van der Waals surface area contributed by atoms with E-state index in [-0.39, 0.29) is 17.9 Å². The minimum atomic E-state index is -0.761. The maximum absolute atomic E-state index is 12.2. The number of hydrogen-bond acceptors (Lipinski definition) is 2. The zero-order chi connectivity index (χ0) is 14.0. The number of amides is 1. The highest BCUT2D eigenvalue weighted by molar-refractivity contribution is 5.95. The van der Waals surface area contributed by atoms with Crippen LogP contribution in [0.25, 0.3) is 0 Å². The highest BCUT2D eigenvalue weighted by atomic mass is 16.4. The van der Waals surface area contributed by atoms with Gasteiger partial charge in [0.2, 0.25) is 0 Å². The van der Waals surface area contributed by atoms with Gasteiger partial charge in [-0.1, -0.05) is 17.7 Å². The molecule has 2 atom stereocenters. The Labute approximate surface area is 112 Å². The Morgan fingerprint density at radius 2 is 2.00 bits per heavy atom. The van der Waals surface area contributed by atoms with Crippen molar-refractivity contribution < 1.29 is 14.7 Å². The van der Waals surface area contributed by atoms with Crippen molar-refractivity contribution in [2.75, 3.05) is 0 Å². The van der Waals surface area contributed by atoms with Gasteiger partial charge in [0.25, 0.3) is 5.91 Å². The van der Waals surface area contributed by atoms with Gasteiger partial charge in [0.1, 0.15) is 0 Å². The van der Waals surface area contributed by atoms with E-state index in [2.05, 4.69) is 5.32 Å². The van der Waals surface area contributed by atoms with Gasteiger partial charge >= 0.3 is 5.97 Å². The van der Waals surface area contributed by atoms with E-state index in [0.717, 1.165) is 17.5 Å². The van der Waals surface area contributed by atoms with Crippen LogP contribution in [0, 0.1) is 19.8 Å². The van der Waals surface area contributed by atoms with E-state index >= 15 is 0 Å². The molecule has 4 heteroatoms. The quantitative estimate of drug-likeness (QED) is 0.877. The van der Waals surface area contributed by atoms with E-state index in [1.807, 2.05) is 32.0 Å². The van der Waals surface area contributed by atoms with Crippen LogP contribution in [0.1, 0.15) is 40.7 Å². The molecule has 0 aliphatic heterocycles. The number of carboxylic acid groups (broad SMARTS) is 1. The van der Waals surface area contributed by atoms with Gasteiger partial charge in [-0.25, -0.2) is 0 Å². The maximum atomic E-state index is 12.2. The second-order valence-corrected chi connectivity index (χ2v) is 5.34. The van der Waals surface area contributed by atoms with Crippen molar-refractivity contribution in [1.82, 2.24) is 5.32 Å². The zero-order valence-corrected chi connectivity index (χ0v) is 11.3. The molecule has 102 valence electrons. The molecule has 1 aromatic rings. The number of carboxylic acids is 1. The molecule has 1 aliphatic carbocycles. The highest BCUT2D eigenvalue weighted by Crippen LogP contribution is 2.26. The lowest BCUT2D eigenvalue weighted by atomic mass is 10.0. The smallest absolute Gasteiger partial charge is 0.306 e. The fraction of sp³-hybridized carbons (Fsp3) is 0.467. The number of hydrogen-bond donors (Lipinski definition) is 2. The van der Waals surface area contributed by atoms with Crippen LogP contribution < -0.4 is 5.32 Å². The predicted molar refractivity (Wildman–Crippen MR) is 72.1 cm³/mol. The monoisotopic (exact) mass is 261 g/mol. The standard InChI is InChI=1S/C15H19NO3/c1-9-3-6-13(10(2)7-9)14(17)16-12-5-4-11(8-12)15(18)19/h3,6-7,11-12H,4-5,8H2,1-2H3,(H,16,17)(H,18,19)/t11-,12+/m0/s1. The summed E-state index contributed by atoms with van der Waals surface area (Å²) in [5, 5.41) is 11.9. The summed E-state index contributed by atoms with van der Waals surface area (Å²) in [6, 6.07) is 5.69. The van der Waals surface area contributed by atoms with Crippen LogP contribution in [0.15, 0.2) is 18.2 Å². The fourth-order valence-electron chi connectivity index (χ4n) is 2.67. The number of aryl methyl sites for hydroxylation is 2. The molecular formula is C15H19NO3. The maximum Gasteiger partial charge on any atom is 0.306 e. The van der Waals surface area contributed by atoms with Crippen LogP contribution in [-0.2, 0) is 4.79 Å². The van der Waals surface area contributed by atoms with E-state index in [0.29, 0.717) is 18.4 Å². The molecule has 1 amide bonds. The Kier molecular flexibility index (Phi) is 3.88. The number of carbonyl (C=O) groups excluding carboxylic acids is 1. The Morgan fingerprint density at radius 1 is 1.26 bits per heavy atom. The summed E-state index contributed by atoms with van der Waals surface area (Å²) >= 11 is 0. The lowest BCUT2D eigenvalue weighted by Gasteiger charge is -2.14. The second kappa shape index (κ2) is 5.43. The molecule has 0 aromatic heterocycles. The molecule has 0 bridgehead atoms. The molecule has 0 spiro atoms. The summed E-state index contributed by atoms with van der Waals surface area (Å²) in [7, 11) is 0. The molecule has 0 unspecified atom stereocenters. The predicted octanol–water partition coefficient (Wildman–Crippen LogP) is 2.29. The molecule has 2 N–H and O–H groups in total. The molecule has 0 saturated heterocycles. The molecule has 1 saturated carbocycles. The van der Waals surface area contributed by atoms with Crippen molar-refractivity contribution in [3.05, 3.63) is 34.9 Å². The van der Waals surface area contributed by atoms with Gasteiger partial charge < -0.3 is 10.4 Å². The van der Waals surface area contributed by atoms with Crippen LogP contribution in [0.3, 0.4) is 0 Å². The van der Waals surface area contributed by atoms with Crippen molar-refractivity contribution in [3.8, 4) is 0 Å². The first kappa shape index (κ1) is 13.6. The van der Waals surface area contributed by atoms with Crippen molar-refractivity contribution >= 4 is 11.9 Å². The summed E-state index contributed by atoms with van der Waals surface area (Å²) in [5.41, 5.74) is 2.75. The minimum absolute atomic E-state index is 0.0192. The number of benzene rings is 1. The van der Waals surface area contributed by atoms with Gasteiger partial charge in [-0.15, -0.1) is 0 Å². The summed E-state index contributed by atoms with van der Waals surface area (Å²) in [6.45, 7) is 3.90. The molecular weight excluding hydrogens is 242 g/mol. The minimum Gasteiger partial charge on any atom is -0.481 e. The third-order valence-electron chi connectivity index (χ3n) is 3.74. The summed E-state index contributed by atoms with van der Waals surface area (Å²) in [6.07, 6.45) is 1.92. The van der Waals surface area contributed by atoms with Gasteiger partial charge in [0, 0.05) is 11.6 Å². The van der Waals surface area contributed by atoms with E-state index in [1.54, 1.807) is 0 Å². The highest BCUT2D eigenvalue weighted by Gasteiger charge is 2.30. The molecule has 2 rings (SSSR count). The van der Waals surface area contributed by atoms with Gasteiger partial charge in [0.15, 0.2) is 0 Å². The van der Waals surface area contributed by atoms with E-state index < -0.39 is 5.97 Å². The third-order valence-corrected chi connectivity index (χ3v) is 3.74. The van der Waals surface area contributed by atoms with Crippen molar-refractivity contribution in [3.63, 3.8) is 0 Å². The van der Waals surface area contributed by atoms with Gasteiger partial charge in [0.05, 0.1) is 5.92 Å². The Balaban J connectivity index is 2.00. The van der Waals surface area contributed by atoms with Crippen LogP contribution >= 0.6 is 0 Å². The van der Waals surface area contributed by atoms with Crippen molar-refractivity contribution in [2.24, 2.45) is 5.92 Å². The van der Waals surface area contributed by atoms with E-state index in [4.69, 9.17) is 5.11 Å². The number of nitrogens with one attached hydrogen (secondary N) is 1. The van der Waals surface area contributed by atoms with Crippen LogP contribution in [0.5, 0.6) is 0 Å². The first-order valence-electron chi connectivity index (χ1n) is 6.58. The van der Waals surface area contributed by atoms with Gasteiger partial charge in [-0.05, 0) is 44.7 Å². The largest absolute Gasteiger partial charge is 0.481 e. The molecule has 1 aromatic carbocycles. The van der Waals surface area contributed by atoms with Crippen LogP contribution in [0.2, 0.25) is 0 Å². The topological polar surface area (TPSA) is 66.4 Å². The SMILES string of the molecule is Cc1ccc(C(=O)N[C@@H]2CC[C@H](C(=O)O)C2)c(C)c1. The van der Waals surface area contributed by atoms with Gasteiger partial charge in [-0.3, -0.25) is 9.59 Å². The number of carbonyl (C=O) groups is 2. The average Bonchev–Trinajstić information content (AvgIpc) is 2.77. The Morgan fingerprint density at radius 3 is 2.58 bits per heavy atom. The Hall–Kier alpha value is -1.84. The van der Waals surface area contributed by atoms with Crippen LogP contribution in [-0.4, -0.2) is 23.0 Å². The lowest BCUT2D eigenvalue weighted by Crippen LogP contribution is -2.33. The second-order valence-electron chi connectivity index (χ2n) is 5.34. The Bertz CT molecular complexity index is 510. The molecule has 1 fully saturated rings. The number of aliphatic carboxylic acids is 1. The zero-order valence-electron chi connectivity index (χ0n) is 11.3. The molecule has 1 aliphatic rings. The molecule has 19 heavy (non-hydrogen) atoms. The summed E-state index contributed by atoms with van der Waals surface area (Å²) in [4.78, 5) is 23.0. The lowest BCUT2D eigenvalue weighted by molar-refractivity contribution is -0.141. The van der Waals surface area contributed by atoms with Gasteiger partial charge in [-0.2, -0.15) is 0 Å². The first-order valence-corrected chi connectivity index (χ1v) is 6.58. The van der Waals surface area contributed by atoms with E-state index in [1.165, 1.54) is 0 Å². The molecule has 0 heterocycles. The van der Waals surface area contributed by atoms with E-state index in [9.17, 15) is 9.59 Å². The van der Waals surface area contributed by atoms with Crippen molar-refractivity contribution in [1.29, 1.82) is 0 Å². The van der Waals surface area contributed by atoms with Crippen molar-refractivity contribution in [2.45, 2.75) is 39.2 Å². The fourth-order valence-corrected chi connectivity index (χ4v) is 2.67. The third kappa shape index (κ3) is 3.13. The first-order chi connectivity index (χ1) is 8.97. The summed E-state index contributed by atoms with van der Waals surface area (Å²) in [5.74, 6) is -1.18. The molecule has 4 nitrogen and oxygen atoms in total. The summed E-state index contributed by atoms with van der Waals surface area (Å²) < 4.78 is 0. The average molecular weight is 261 g/mol. The molecule has 0 radical (unpaired) electrons. The normalized spacial score (nSPS) is 22.2. The number of rotatable bonds is 3.